The van der Waals surface area contributed by atoms with Crippen LogP contribution in [0.25, 0.3) is 0 Å². The molecule has 0 bridgehead atoms. The van der Waals surface area contributed by atoms with E-state index in [-0.39, 0.29) is 12.1 Å². The highest BCUT2D eigenvalue weighted by Gasteiger charge is 2.22. The van der Waals surface area contributed by atoms with Crippen LogP contribution >= 0.6 is 0 Å². The number of imidazole rings is 1. The van der Waals surface area contributed by atoms with E-state index in [1.54, 1.807) is 7.11 Å². The van der Waals surface area contributed by atoms with Crippen molar-refractivity contribution in [3.05, 3.63) is 48.0 Å². The van der Waals surface area contributed by atoms with Crippen LogP contribution in [0.5, 0.6) is 5.75 Å². The van der Waals surface area contributed by atoms with Crippen LogP contribution in [-0.2, 0) is 6.42 Å². The molecule has 0 fully saturated rings. The third-order valence-electron chi connectivity index (χ3n) is 3.83. The number of methoxy groups -OCH3 is 1. The first-order chi connectivity index (χ1) is 10.2. The SMILES string of the molecule is CCCc1nccn1C(c1cccc(OC)c1)C(N)CC. The van der Waals surface area contributed by atoms with Crippen molar-refractivity contribution in [3.8, 4) is 5.75 Å². The summed E-state index contributed by atoms with van der Waals surface area (Å²) < 4.78 is 7.56. The molecule has 0 saturated heterocycles. The first kappa shape index (κ1) is 15.6. The number of rotatable bonds is 7. The zero-order chi connectivity index (χ0) is 15.2. The topological polar surface area (TPSA) is 53.1 Å². The quantitative estimate of drug-likeness (QED) is 0.851. The lowest BCUT2D eigenvalue weighted by atomic mass is 9.97. The molecular weight excluding hydrogens is 262 g/mol. The minimum Gasteiger partial charge on any atom is -0.497 e. The van der Waals surface area contributed by atoms with Gasteiger partial charge in [0.15, 0.2) is 0 Å². The number of nitrogens with two attached hydrogens (primary N) is 1. The van der Waals surface area contributed by atoms with Gasteiger partial charge in [0.1, 0.15) is 11.6 Å². The Morgan fingerprint density at radius 1 is 1.33 bits per heavy atom. The standard InChI is InChI=1S/C17H25N3O/c1-4-7-16-19-10-11-20(16)17(15(18)5-2)13-8-6-9-14(12-13)21-3/h6,8-12,15,17H,4-5,7,18H2,1-3H3. The molecule has 114 valence electrons. The van der Waals surface area contributed by atoms with E-state index in [9.17, 15) is 0 Å². The van der Waals surface area contributed by atoms with Gasteiger partial charge in [-0.25, -0.2) is 4.98 Å². The number of aromatic nitrogens is 2. The highest BCUT2D eigenvalue weighted by atomic mass is 16.5. The number of benzene rings is 1. The molecular formula is C17H25N3O. The summed E-state index contributed by atoms with van der Waals surface area (Å²) in [6.45, 7) is 4.29. The second-order valence-electron chi connectivity index (χ2n) is 5.29. The van der Waals surface area contributed by atoms with E-state index in [0.29, 0.717) is 0 Å². The minimum atomic E-state index is 0.0434. The predicted molar refractivity (Wildman–Crippen MR) is 85.6 cm³/mol. The van der Waals surface area contributed by atoms with Gasteiger partial charge in [-0.3, -0.25) is 0 Å². The van der Waals surface area contributed by atoms with E-state index in [1.165, 1.54) is 5.56 Å². The van der Waals surface area contributed by atoms with Crippen LogP contribution in [0, 0.1) is 0 Å². The Hall–Kier alpha value is -1.81. The number of aryl methyl sites for hydroxylation is 1. The van der Waals surface area contributed by atoms with Crippen LogP contribution in [-0.4, -0.2) is 22.7 Å². The molecule has 1 aromatic heterocycles. The summed E-state index contributed by atoms with van der Waals surface area (Å²) in [6.07, 6.45) is 6.84. The van der Waals surface area contributed by atoms with Gasteiger partial charge >= 0.3 is 0 Å². The number of nitrogens with zero attached hydrogens (tertiary/aromatic N) is 2. The molecule has 0 saturated carbocycles. The molecule has 1 aromatic carbocycles. The molecule has 4 heteroatoms. The maximum Gasteiger partial charge on any atom is 0.119 e. The maximum absolute atomic E-state index is 6.41. The van der Waals surface area contributed by atoms with Crippen molar-refractivity contribution in [2.45, 2.75) is 45.2 Å². The summed E-state index contributed by atoms with van der Waals surface area (Å²) in [6, 6.07) is 8.28. The van der Waals surface area contributed by atoms with Gasteiger partial charge in [-0.15, -0.1) is 0 Å². The summed E-state index contributed by atoms with van der Waals surface area (Å²) in [4.78, 5) is 4.49. The van der Waals surface area contributed by atoms with Crippen molar-refractivity contribution < 1.29 is 4.74 Å². The van der Waals surface area contributed by atoms with E-state index in [1.807, 2.05) is 24.5 Å². The van der Waals surface area contributed by atoms with Gasteiger partial charge in [-0.1, -0.05) is 26.0 Å². The van der Waals surface area contributed by atoms with Gasteiger partial charge in [0.2, 0.25) is 0 Å². The fourth-order valence-electron chi connectivity index (χ4n) is 2.68. The number of hydrogen-bond donors (Lipinski definition) is 1. The van der Waals surface area contributed by atoms with Crippen LogP contribution in [0.3, 0.4) is 0 Å². The summed E-state index contributed by atoms with van der Waals surface area (Å²) in [5.74, 6) is 1.95. The molecule has 0 amide bonds. The third-order valence-corrected chi connectivity index (χ3v) is 3.83. The van der Waals surface area contributed by atoms with E-state index in [2.05, 4.69) is 35.5 Å². The lowest BCUT2D eigenvalue weighted by Crippen LogP contribution is -2.33. The third kappa shape index (κ3) is 3.45. The van der Waals surface area contributed by atoms with Crippen molar-refractivity contribution in [2.24, 2.45) is 5.73 Å². The van der Waals surface area contributed by atoms with Gasteiger partial charge in [0.05, 0.1) is 13.2 Å². The van der Waals surface area contributed by atoms with Crippen molar-refractivity contribution in [2.75, 3.05) is 7.11 Å². The zero-order valence-corrected chi connectivity index (χ0v) is 13.1. The maximum atomic E-state index is 6.41. The molecule has 21 heavy (non-hydrogen) atoms. The first-order valence-corrected chi connectivity index (χ1v) is 7.62. The van der Waals surface area contributed by atoms with E-state index in [0.717, 1.165) is 30.8 Å². The van der Waals surface area contributed by atoms with Crippen LogP contribution < -0.4 is 10.5 Å². The average Bonchev–Trinajstić information content (AvgIpc) is 2.96. The number of hydrogen-bond acceptors (Lipinski definition) is 3. The van der Waals surface area contributed by atoms with Crippen molar-refractivity contribution in [3.63, 3.8) is 0 Å². The second kappa shape index (κ2) is 7.27. The van der Waals surface area contributed by atoms with Crippen LogP contribution in [0.2, 0.25) is 0 Å². The molecule has 4 nitrogen and oxygen atoms in total. The van der Waals surface area contributed by atoms with Gasteiger partial charge in [-0.05, 0) is 30.5 Å². The van der Waals surface area contributed by atoms with Gasteiger partial charge in [0.25, 0.3) is 0 Å². The fourth-order valence-corrected chi connectivity index (χ4v) is 2.68. The zero-order valence-electron chi connectivity index (χ0n) is 13.1. The van der Waals surface area contributed by atoms with Gasteiger partial charge < -0.3 is 15.0 Å². The Kier molecular flexibility index (Phi) is 5.39. The summed E-state index contributed by atoms with van der Waals surface area (Å²) in [7, 11) is 1.69. The molecule has 0 radical (unpaired) electrons. The highest BCUT2D eigenvalue weighted by molar-refractivity contribution is 5.32. The fraction of sp³-hybridized carbons (Fsp3) is 0.471. The molecule has 2 aromatic rings. The Balaban J connectivity index is 2.44. The Labute approximate surface area is 127 Å². The Morgan fingerprint density at radius 2 is 2.14 bits per heavy atom. The van der Waals surface area contributed by atoms with Crippen LogP contribution in [0.15, 0.2) is 36.7 Å². The smallest absolute Gasteiger partial charge is 0.119 e. The van der Waals surface area contributed by atoms with Crippen LogP contribution in [0.1, 0.15) is 44.1 Å². The van der Waals surface area contributed by atoms with E-state index < -0.39 is 0 Å². The monoisotopic (exact) mass is 287 g/mol. The molecule has 0 aliphatic carbocycles. The summed E-state index contributed by atoms with van der Waals surface area (Å²) in [5, 5.41) is 0. The minimum absolute atomic E-state index is 0.0434. The lowest BCUT2D eigenvalue weighted by molar-refractivity contribution is 0.409. The molecule has 1 heterocycles. The lowest BCUT2D eigenvalue weighted by Gasteiger charge is -2.27. The Morgan fingerprint density at radius 3 is 2.81 bits per heavy atom. The van der Waals surface area contributed by atoms with Gasteiger partial charge in [0, 0.05) is 24.9 Å². The highest BCUT2D eigenvalue weighted by Crippen LogP contribution is 2.27. The van der Waals surface area contributed by atoms with Gasteiger partial charge in [-0.2, -0.15) is 0 Å². The van der Waals surface area contributed by atoms with Crippen molar-refractivity contribution in [1.82, 2.24) is 9.55 Å². The average molecular weight is 287 g/mol. The molecule has 2 rings (SSSR count). The van der Waals surface area contributed by atoms with Crippen LogP contribution in [0.4, 0.5) is 0 Å². The molecule has 2 atom stereocenters. The first-order valence-electron chi connectivity index (χ1n) is 7.62. The van der Waals surface area contributed by atoms with E-state index in [4.69, 9.17) is 10.5 Å². The normalized spacial score (nSPS) is 13.9. The van der Waals surface area contributed by atoms with Crippen molar-refractivity contribution in [1.29, 1.82) is 0 Å². The molecule has 0 spiro atoms. The molecule has 2 N–H and O–H groups in total. The Bertz CT molecular complexity index is 565. The van der Waals surface area contributed by atoms with Crippen molar-refractivity contribution >= 4 is 0 Å². The molecule has 0 aliphatic rings. The summed E-state index contributed by atoms with van der Waals surface area (Å²) in [5.41, 5.74) is 7.57. The summed E-state index contributed by atoms with van der Waals surface area (Å²) >= 11 is 0. The molecule has 0 aliphatic heterocycles. The largest absolute Gasteiger partial charge is 0.497 e. The number of ether oxygens (including phenoxy) is 1. The predicted octanol–water partition coefficient (Wildman–Crippen LogP) is 3.17. The van der Waals surface area contributed by atoms with E-state index >= 15 is 0 Å². The second-order valence-corrected chi connectivity index (χ2v) is 5.29. The molecule has 2 unspecified atom stereocenters.